The van der Waals surface area contributed by atoms with E-state index in [4.69, 9.17) is 21.7 Å². The van der Waals surface area contributed by atoms with Crippen molar-refractivity contribution in [2.24, 2.45) is 7.05 Å². The van der Waals surface area contributed by atoms with Crippen LogP contribution in [0.4, 0.5) is 5.69 Å². The Morgan fingerprint density at radius 3 is 2.15 bits per heavy atom. The van der Waals surface area contributed by atoms with Crippen LogP contribution < -0.4 is 19.7 Å². The number of benzene rings is 2. The van der Waals surface area contributed by atoms with Crippen molar-refractivity contribution in [2.75, 3.05) is 12.0 Å². The number of pyridine rings is 1. The van der Waals surface area contributed by atoms with Gasteiger partial charge in [-0.25, -0.2) is 0 Å². The topological polar surface area (TPSA) is 51.6 Å². The van der Waals surface area contributed by atoms with Crippen molar-refractivity contribution in [3.05, 3.63) is 102 Å². The zero-order valence-corrected chi connectivity index (χ0v) is 20.1. The minimum absolute atomic E-state index is 0.0468. The summed E-state index contributed by atoms with van der Waals surface area (Å²) in [4.78, 5) is 6.79. The number of hydrogen-bond acceptors (Lipinski definition) is 4. The molecule has 0 radical (unpaired) electrons. The Hall–Kier alpha value is -3.84. The van der Waals surface area contributed by atoms with Crippen molar-refractivity contribution in [2.45, 2.75) is 19.0 Å². The Balaban J connectivity index is 1.47. The quantitative estimate of drug-likeness (QED) is 0.365. The lowest BCUT2D eigenvalue weighted by molar-refractivity contribution is 0.413. The number of thiocarbonyl (C=S) groups is 1. The zero-order valence-electron chi connectivity index (χ0n) is 19.3. The van der Waals surface area contributed by atoms with Crippen LogP contribution >= 0.6 is 12.2 Å². The molecule has 1 aliphatic rings. The lowest BCUT2D eigenvalue weighted by Gasteiger charge is -2.28. The third-order valence-electron chi connectivity index (χ3n) is 6.22. The number of hydrogen-bond donors (Lipinski definition) is 1. The summed E-state index contributed by atoms with van der Waals surface area (Å²) in [5.41, 5.74) is 4.30. The number of aromatic nitrogens is 2. The summed E-state index contributed by atoms with van der Waals surface area (Å²) in [5.74, 6) is 2.29. The minimum Gasteiger partial charge on any atom is -0.497 e. The normalized spacial score (nSPS) is 17.5. The van der Waals surface area contributed by atoms with Crippen molar-refractivity contribution in [1.82, 2.24) is 14.9 Å². The summed E-state index contributed by atoms with van der Waals surface area (Å²) < 4.78 is 13.4. The Morgan fingerprint density at radius 2 is 1.56 bits per heavy atom. The molecule has 0 unspecified atom stereocenters. The summed E-state index contributed by atoms with van der Waals surface area (Å²) >= 11 is 5.82. The van der Waals surface area contributed by atoms with Gasteiger partial charge in [0, 0.05) is 30.3 Å². The molecule has 6 nitrogen and oxygen atoms in total. The second kappa shape index (κ2) is 9.19. The average Bonchev–Trinajstić information content (AvgIpc) is 3.39. The van der Waals surface area contributed by atoms with Gasteiger partial charge in [-0.3, -0.25) is 4.98 Å². The molecule has 1 aliphatic heterocycles. The van der Waals surface area contributed by atoms with Crippen molar-refractivity contribution < 1.29 is 9.47 Å². The Labute approximate surface area is 204 Å². The van der Waals surface area contributed by atoms with Crippen LogP contribution in [0.1, 0.15) is 29.2 Å². The lowest BCUT2D eigenvalue weighted by atomic mass is 10.0. The van der Waals surface area contributed by atoms with Gasteiger partial charge >= 0.3 is 0 Å². The average molecular weight is 471 g/mol. The first-order valence-corrected chi connectivity index (χ1v) is 11.5. The number of nitrogens with zero attached hydrogens (tertiary/aromatic N) is 3. The predicted octanol–water partition coefficient (Wildman–Crippen LogP) is 5.71. The Bertz CT molecular complexity index is 1290. The van der Waals surface area contributed by atoms with E-state index in [1.54, 1.807) is 7.11 Å². The van der Waals surface area contributed by atoms with E-state index in [1.165, 1.54) is 11.4 Å². The van der Waals surface area contributed by atoms with Crippen LogP contribution in [0.2, 0.25) is 0 Å². The molecule has 0 aliphatic carbocycles. The van der Waals surface area contributed by atoms with Gasteiger partial charge in [0.05, 0.1) is 18.8 Å². The highest BCUT2D eigenvalue weighted by Gasteiger charge is 2.41. The number of rotatable bonds is 6. The van der Waals surface area contributed by atoms with Crippen LogP contribution in [0.25, 0.3) is 0 Å². The third kappa shape index (κ3) is 4.10. The SMILES string of the molecule is COc1ccc(Oc2ccc(N3C(=S)N[C@@H](c4ccccn4)[C@H]3c3ccc(C)n3C)cc2)cc1. The van der Waals surface area contributed by atoms with Crippen molar-refractivity contribution in [1.29, 1.82) is 0 Å². The fraction of sp³-hybridized carbons (Fsp3) is 0.185. The molecule has 4 aromatic rings. The number of nitrogens with one attached hydrogen (secondary N) is 1. The summed E-state index contributed by atoms with van der Waals surface area (Å²) in [6.45, 7) is 2.11. The second-order valence-electron chi connectivity index (χ2n) is 8.23. The number of anilines is 1. The Morgan fingerprint density at radius 1 is 0.882 bits per heavy atom. The minimum atomic E-state index is -0.0723. The van der Waals surface area contributed by atoms with E-state index in [0.29, 0.717) is 5.11 Å². The highest BCUT2D eigenvalue weighted by Crippen LogP contribution is 2.42. The molecular formula is C27H26N4O2S. The van der Waals surface area contributed by atoms with Gasteiger partial charge < -0.3 is 24.3 Å². The van der Waals surface area contributed by atoms with Crippen LogP contribution in [0.15, 0.2) is 85.1 Å². The van der Waals surface area contributed by atoms with Crippen LogP contribution in [0.3, 0.4) is 0 Å². The zero-order chi connectivity index (χ0) is 23.7. The predicted molar refractivity (Wildman–Crippen MR) is 138 cm³/mol. The van der Waals surface area contributed by atoms with Crippen LogP contribution in [-0.4, -0.2) is 21.8 Å². The van der Waals surface area contributed by atoms with Gasteiger partial charge in [-0.15, -0.1) is 0 Å². The van der Waals surface area contributed by atoms with Gasteiger partial charge in [-0.1, -0.05) is 6.07 Å². The summed E-state index contributed by atoms with van der Waals surface area (Å²) in [5, 5.41) is 4.18. The molecule has 2 atom stereocenters. The molecule has 0 bridgehead atoms. The largest absolute Gasteiger partial charge is 0.497 e. The van der Waals surface area contributed by atoms with E-state index in [0.717, 1.165) is 28.6 Å². The molecule has 0 amide bonds. The van der Waals surface area contributed by atoms with Crippen molar-refractivity contribution in [3.8, 4) is 17.2 Å². The maximum absolute atomic E-state index is 6.01. The van der Waals surface area contributed by atoms with Gasteiger partial charge in [0.25, 0.3) is 0 Å². The van der Waals surface area contributed by atoms with Gasteiger partial charge in [-0.05, 0) is 91.9 Å². The molecule has 1 saturated heterocycles. The first-order chi connectivity index (χ1) is 16.5. The van der Waals surface area contributed by atoms with E-state index in [2.05, 4.69) is 45.9 Å². The van der Waals surface area contributed by atoms with Crippen LogP contribution in [0.5, 0.6) is 17.2 Å². The maximum atomic E-state index is 6.01. The third-order valence-corrected chi connectivity index (χ3v) is 6.54. The molecule has 3 heterocycles. The molecule has 7 heteroatoms. The fourth-order valence-electron chi connectivity index (χ4n) is 4.32. The Kier molecular flexibility index (Phi) is 5.94. The number of ether oxygens (including phenoxy) is 2. The molecule has 1 fully saturated rings. The van der Waals surface area contributed by atoms with E-state index < -0.39 is 0 Å². The number of methoxy groups -OCH3 is 1. The molecule has 2 aromatic heterocycles. The summed E-state index contributed by atoms with van der Waals surface area (Å²) in [6.07, 6.45) is 1.82. The van der Waals surface area contributed by atoms with Gasteiger partial charge in [0.15, 0.2) is 5.11 Å². The van der Waals surface area contributed by atoms with E-state index in [1.807, 2.05) is 72.9 Å². The molecule has 0 saturated carbocycles. The van der Waals surface area contributed by atoms with Crippen LogP contribution in [0, 0.1) is 6.92 Å². The van der Waals surface area contributed by atoms with Gasteiger partial charge in [0.2, 0.25) is 0 Å². The van der Waals surface area contributed by atoms with Crippen molar-refractivity contribution >= 4 is 23.0 Å². The van der Waals surface area contributed by atoms with Crippen LogP contribution in [-0.2, 0) is 7.05 Å². The molecule has 172 valence electrons. The first kappa shape index (κ1) is 22.0. The summed E-state index contributed by atoms with van der Waals surface area (Å²) in [7, 11) is 3.74. The molecule has 1 N–H and O–H groups in total. The monoisotopic (exact) mass is 470 g/mol. The van der Waals surface area contributed by atoms with Gasteiger partial charge in [0.1, 0.15) is 23.3 Å². The lowest BCUT2D eigenvalue weighted by Crippen LogP contribution is -2.30. The molecule has 2 aromatic carbocycles. The first-order valence-electron chi connectivity index (χ1n) is 11.1. The highest BCUT2D eigenvalue weighted by molar-refractivity contribution is 7.80. The summed E-state index contributed by atoms with van der Waals surface area (Å²) in [6, 6.07) is 25.7. The second-order valence-corrected chi connectivity index (χ2v) is 8.61. The van der Waals surface area contributed by atoms with Gasteiger partial charge in [-0.2, -0.15) is 0 Å². The number of aryl methyl sites for hydroxylation is 1. The molecule has 5 rings (SSSR count). The van der Waals surface area contributed by atoms with Crippen molar-refractivity contribution in [3.63, 3.8) is 0 Å². The fourth-order valence-corrected chi connectivity index (χ4v) is 4.66. The standard InChI is InChI=1S/C27H26N4O2S/c1-18-7-16-24(30(18)2)26-25(23-6-4-5-17-28-23)29-27(34)31(26)19-8-10-21(11-9-19)33-22-14-12-20(32-3)13-15-22/h4-17,25-26H,1-3H3,(H,29,34)/t25-,26+/m0/s1. The van der Waals surface area contributed by atoms with E-state index in [9.17, 15) is 0 Å². The smallest absolute Gasteiger partial charge is 0.174 e. The van der Waals surface area contributed by atoms with E-state index >= 15 is 0 Å². The highest BCUT2D eigenvalue weighted by atomic mass is 32.1. The molecule has 34 heavy (non-hydrogen) atoms. The molecule has 0 spiro atoms. The van der Waals surface area contributed by atoms with E-state index in [-0.39, 0.29) is 12.1 Å². The molecular weight excluding hydrogens is 444 g/mol. The maximum Gasteiger partial charge on any atom is 0.174 e.